The summed E-state index contributed by atoms with van der Waals surface area (Å²) < 4.78 is 5.11. The highest BCUT2D eigenvalue weighted by Gasteiger charge is 2.02. The number of ether oxygens (including phenoxy) is 1. The van der Waals surface area contributed by atoms with Gasteiger partial charge in [-0.2, -0.15) is 0 Å². The van der Waals surface area contributed by atoms with E-state index >= 15 is 0 Å². The van der Waals surface area contributed by atoms with Crippen LogP contribution in [0.5, 0.6) is 0 Å². The molecule has 0 aliphatic rings. The van der Waals surface area contributed by atoms with Crippen LogP contribution in [0.15, 0.2) is 18.2 Å². The smallest absolute Gasteiger partial charge is 0.0715 e. The molecule has 0 saturated heterocycles. The SMILES string of the molecule is COCc1ccc(C(C)C)cc1C. The van der Waals surface area contributed by atoms with Gasteiger partial charge in [0, 0.05) is 7.11 Å². The molecule has 0 heterocycles. The molecule has 1 aromatic carbocycles. The minimum Gasteiger partial charge on any atom is -0.380 e. The zero-order valence-corrected chi connectivity index (χ0v) is 8.92. The maximum atomic E-state index is 5.11. The van der Waals surface area contributed by atoms with Crippen molar-refractivity contribution in [3.05, 3.63) is 34.9 Å². The predicted octanol–water partition coefficient (Wildman–Crippen LogP) is 3.26. The van der Waals surface area contributed by atoms with Crippen LogP contribution in [-0.2, 0) is 11.3 Å². The van der Waals surface area contributed by atoms with Gasteiger partial charge in [-0.1, -0.05) is 32.0 Å². The molecule has 0 aromatic heterocycles. The lowest BCUT2D eigenvalue weighted by Gasteiger charge is -2.09. The van der Waals surface area contributed by atoms with Gasteiger partial charge in [0.2, 0.25) is 0 Å². The third kappa shape index (κ3) is 2.56. The molecule has 0 bridgehead atoms. The van der Waals surface area contributed by atoms with Gasteiger partial charge in [-0.05, 0) is 29.5 Å². The molecule has 0 amide bonds. The summed E-state index contributed by atoms with van der Waals surface area (Å²) in [4.78, 5) is 0. The number of methoxy groups -OCH3 is 1. The van der Waals surface area contributed by atoms with E-state index in [1.165, 1.54) is 16.7 Å². The van der Waals surface area contributed by atoms with E-state index < -0.39 is 0 Å². The van der Waals surface area contributed by atoms with Gasteiger partial charge in [-0.25, -0.2) is 0 Å². The van der Waals surface area contributed by atoms with Crippen molar-refractivity contribution >= 4 is 0 Å². The number of hydrogen-bond donors (Lipinski definition) is 0. The molecule has 1 aromatic rings. The van der Waals surface area contributed by atoms with Gasteiger partial charge in [-0.3, -0.25) is 0 Å². The van der Waals surface area contributed by atoms with Crippen LogP contribution in [-0.4, -0.2) is 7.11 Å². The molecule has 72 valence electrons. The lowest BCUT2D eigenvalue weighted by Crippen LogP contribution is -1.94. The molecule has 1 nitrogen and oxygen atoms in total. The molecule has 13 heavy (non-hydrogen) atoms. The molecule has 1 heteroatoms. The molecule has 0 atom stereocenters. The van der Waals surface area contributed by atoms with E-state index in [9.17, 15) is 0 Å². The molecule has 0 unspecified atom stereocenters. The summed E-state index contributed by atoms with van der Waals surface area (Å²) in [7, 11) is 1.73. The monoisotopic (exact) mass is 178 g/mol. The third-order valence-corrected chi connectivity index (χ3v) is 2.33. The van der Waals surface area contributed by atoms with Crippen molar-refractivity contribution < 1.29 is 4.74 Å². The van der Waals surface area contributed by atoms with Crippen molar-refractivity contribution in [2.24, 2.45) is 0 Å². The second-order valence-corrected chi connectivity index (χ2v) is 3.77. The fraction of sp³-hybridized carbons (Fsp3) is 0.500. The van der Waals surface area contributed by atoms with Gasteiger partial charge < -0.3 is 4.74 Å². The van der Waals surface area contributed by atoms with E-state index in [0.29, 0.717) is 12.5 Å². The first kappa shape index (κ1) is 10.3. The second-order valence-electron chi connectivity index (χ2n) is 3.77. The van der Waals surface area contributed by atoms with E-state index in [4.69, 9.17) is 4.74 Å². The Morgan fingerprint density at radius 3 is 2.46 bits per heavy atom. The van der Waals surface area contributed by atoms with Crippen molar-refractivity contribution in [1.82, 2.24) is 0 Å². The van der Waals surface area contributed by atoms with Crippen LogP contribution in [0, 0.1) is 6.92 Å². The number of benzene rings is 1. The minimum atomic E-state index is 0.607. The summed E-state index contributed by atoms with van der Waals surface area (Å²) in [6, 6.07) is 6.60. The highest BCUT2D eigenvalue weighted by molar-refractivity contribution is 5.32. The van der Waals surface area contributed by atoms with Crippen molar-refractivity contribution in [3.63, 3.8) is 0 Å². The van der Waals surface area contributed by atoms with Gasteiger partial charge in [0.05, 0.1) is 6.61 Å². The van der Waals surface area contributed by atoms with E-state index in [2.05, 4.69) is 39.0 Å². The van der Waals surface area contributed by atoms with E-state index in [0.717, 1.165) is 0 Å². The fourth-order valence-corrected chi connectivity index (χ4v) is 1.40. The third-order valence-electron chi connectivity index (χ3n) is 2.33. The Hall–Kier alpha value is -0.820. The number of rotatable bonds is 3. The molecule has 0 saturated carbocycles. The first-order chi connectivity index (χ1) is 6.15. The highest BCUT2D eigenvalue weighted by atomic mass is 16.5. The average molecular weight is 178 g/mol. The van der Waals surface area contributed by atoms with Crippen molar-refractivity contribution in [3.8, 4) is 0 Å². The van der Waals surface area contributed by atoms with Crippen LogP contribution in [0.2, 0.25) is 0 Å². The lowest BCUT2D eigenvalue weighted by molar-refractivity contribution is 0.184. The van der Waals surface area contributed by atoms with E-state index in [1.807, 2.05) is 0 Å². The molecule has 0 fully saturated rings. The van der Waals surface area contributed by atoms with Gasteiger partial charge in [-0.15, -0.1) is 0 Å². The molecule has 0 aliphatic carbocycles. The molecule has 1 rings (SSSR count). The molecular formula is C12H18O. The maximum Gasteiger partial charge on any atom is 0.0715 e. The molecule has 0 spiro atoms. The average Bonchev–Trinajstić information content (AvgIpc) is 2.08. The molecule has 0 N–H and O–H groups in total. The van der Waals surface area contributed by atoms with Crippen LogP contribution in [0.4, 0.5) is 0 Å². The summed E-state index contributed by atoms with van der Waals surface area (Å²) in [5, 5.41) is 0. The number of aryl methyl sites for hydroxylation is 1. The Morgan fingerprint density at radius 1 is 1.31 bits per heavy atom. The summed E-state index contributed by atoms with van der Waals surface area (Å²) in [6.45, 7) is 7.28. The Morgan fingerprint density at radius 2 is 2.00 bits per heavy atom. The van der Waals surface area contributed by atoms with Crippen LogP contribution < -0.4 is 0 Å². The van der Waals surface area contributed by atoms with Gasteiger partial charge in [0.1, 0.15) is 0 Å². The molecular weight excluding hydrogens is 160 g/mol. The Bertz CT molecular complexity index is 276. The van der Waals surface area contributed by atoms with Crippen LogP contribution >= 0.6 is 0 Å². The summed E-state index contributed by atoms with van der Waals surface area (Å²) in [5.41, 5.74) is 4.01. The zero-order chi connectivity index (χ0) is 9.84. The van der Waals surface area contributed by atoms with Gasteiger partial charge in [0.15, 0.2) is 0 Å². The van der Waals surface area contributed by atoms with Crippen LogP contribution in [0.1, 0.15) is 36.5 Å². The van der Waals surface area contributed by atoms with Gasteiger partial charge in [0.25, 0.3) is 0 Å². The molecule has 0 aliphatic heterocycles. The van der Waals surface area contributed by atoms with Gasteiger partial charge >= 0.3 is 0 Å². The largest absolute Gasteiger partial charge is 0.380 e. The van der Waals surface area contributed by atoms with Crippen LogP contribution in [0.25, 0.3) is 0 Å². The normalized spacial score (nSPS) is 10.8. The van der Waals surface area contributed by atoms with E-state index in [1.54, 1.807) is 7.11 Å². The maximum absolute atomic E-state index is 5.11. The van der Waals surface area contributed by atoms with E-state index in [-0.39, 0.29) is 0 Å². The van der Waals surface area contributed by atoms with Crippen LogP contribution in [0.3, 0.4) is 0 Å². The molecule has 0 radical (unpaired) electrons. The van der Waals surface area contributed by atoms with Crippen molar-refractivity contribution in [2.75, 3.05) is 7.11 Å². The quantitative estimate of drug-likeness (QED) is 0.690. The second kappa shape index (κ2) is 4.43. The number of hydrogen-bond acceptors (Lipinski definition) is 1. The Labute approximate surface area is 80.7 Å². The highest BCUT2D eigenvalue weighted by Crippen LogP contribution is 2.18. The summed E-state index contributed by atoms with van der Waals surface area (Å²) in [6.07, 6.45) is 0. The summed E-state index contributed by atoms with van der Waals surface area (Å²) >= 11 is 0. The Kier molecular flexibility index (Phi) is 3.49. The first-order valence-corrected chi connectivity index (χ1v) is 4.73. The standard InChI is InChI=1S/C12H18O/c1-9(2)11-5-6-12(8-13-4)10(3)7-11/h5-7,9H,8H2,1-4H3. The zero-order valence-electron chi connectivity index (χ0n) is 8.92. The first-order valence-electron chi connectivity index (χ1n) is 4.73. The minimum absolute atomic E-state index is 0.607. The van der Waals surface area contributed by atoms with Crippen molar-refractivity contribution in [1.29, 1.82) is 0 Å². The summed E-state index contributed by atoms with van der Waals surface area (Å²) in [5.74, 6) is 0.607. The fourth-order valence-electron chi connectivity index (χ4n) is 1.40. The predicted molar refractivity (Wildman–Crippen MR) is 56.0 cm³/mol. The lowest BCUT2D eigenvalue weighted by atomic mass is 9.98. The van der Waals surface area contributed by atoms with Crippen molar-refractivity contribution in [2.45, 2.75) is 33.3 Å². The topological polar surface area (TPSA) is 9.23 Å². The Balaban J connectivity index is 2.92.